The van der Waals surface area contributed by atoms with E-state index in [4.69, 9.17) is 4.55 Å². The molecule has 4 nitrogen and oxygen atoms in total. The Kier molecular flexibility index (Phi) is 16.2. The second-order valence-corrected chi connectivity index (χ2v) is 7.28. The Morgan fingerprint density at radius 1 is 0.739 bits per heavy atom. The fourth-order valence-corrected chi connectivity index (χ4v) is 2.84. The maximum absolute atomic E-state index is 10.3. The molecular weight excluding hydrogens is 312 g/mol. The normalized spacial score (nSPS) is 12.3. The molecule has 23 heavy (non-hydrogen) atoms. The molecule has 0 amide bonds. The van der Waals surface area contributed by atoms with Crippen molar-refractivity contribution in [1.29, 1.82) is 0 Å². The second-order valence-electron chi connectivity index (χ2n) is 6.19. The smallest absolute Gasteiger partial charge is 0.264 e. The van der Waals surface area contributed by atoms with Crippen molar-refractivity contribution in [2.45, 2.75) is 96.8 Å². The predicted molar refractivity (Wildman–Crippen MR) is 97.0 cm³/mol. The van der Waals surface area contributed by atoms with Gasteiger partial charge in [0.15, 0.2) is 0 Å². The molecule has 0 unspecified atom stereocenters. The van der Waals surface area contributed by atoms with E-state index in [2.05, 4.69) is 23.3 Å². The Bertz CT molecular complexity index is 363. The first kappa shape index (κ1) is 22.6. The van der Waals surface area contributed by atoms with Crippen LogP contribution >= 0.6 is 0 Å². The van der Waals surface area contributed by atoms with Crippen LogP contribution < -0.4 is 0 Å². The van der Waals surface area contributed by atoms with Crippen LogP contribution in [-0.4, -0.2) is 19.6 Å². The highest BCUT2D eigenvalue weighted by atomic mass is 32.3. The maximum atomic E-state index is 10.3. The van der Waals surface area contributed by atoms with Gasteiger partial charge in [0, 0.05) is 0 Å². The van der Waals surface area contributed by atoms with E-state index < -0.39 is 10.4 Å². The van der Waals surface area contributed by atoms with Crippen molar-refractivity contribution in [3.05, 3.63) is 12.2 Å². The SMILES string of the molecule is CCCCCCCCCCC/C=C\CCCCCOS(=O)(=O)O. The van der Waals surface area contributed by atoms with E-state index in [9.17, 15) is 8.42 Å². The van der Waals surface area contributed by atoms with Gasteiger partial charge in [-0.25, -0.2) is 4.18 Å². The van der Waals surface area contributed by atoms with E-state index in [0.717, 1.165) is 19.3 Å². The van der Waals surface area contributed by atoms with Crippen LogP contribution in [-0.2, 0) is 14.6 Å². The highest BCUT2D eigenvalue weighted by Gasteiger charge is 2.02. The van der Waals surface area contributed by atoms with Crippen molar-refractivity contribution < 1.29 is 17.2 Å². The van der Waals surface area contributed by atoms with Crippen LogP contribution in [0.25, 0.3) is 0 Å². The summed E-state index contributed by atoms with van der Waals surface area (Å²) in [5, 5.41) is 0. The Morgan fingerprint density at radius 3 is 1.65 bits per heavy atom. The molecule has 1 N–H and O–H groups in total. The second kappa shape index (κ2) is 16.5. The van der Waals surface area contributed by atoms with Crippen molar-refractivity contribution >= 4 is 10.4 Å². The Balaban J connectivity index is 3.14. The standard InChI is InChI=1S/C18H36O4S/c1-2-3-4-5-6-7-8-9-10-11-12-13-14-15-16-17-18-22-23(19,20)21/h12-13H,2-11,14-18H2,1H3,(H,19,20,21)/b13-12-. The highest BCUT2D eigenvalue weighted by molar-refractivity contribution is 7.80. The molecule has 0 saturated carbocycles. The van der Waals surface area contributed by atoms with Gasteiger partial charge in [0.1, 0.15) is 0 Å². The Morgan fingerprint density at radius 2 is 1.17 bits per heavy atom. The molecule has 0 aliphatic carbocycles. The van der Waals surface area contributed by atoms with Gasteiger partial charge < -0.3 is 0 Å². The minimum Gasteiger partial charge on any atom is -0.264 e. The largest absolute Gasteiger partial charge is 0.397 e. The molecule has 0 fully saturated rings. The molecule has 0 heterocycles. The number of rotatable bonds is 17. The molecule has 0 saturated heterocycles. The predicted octanol–water partition coefficient (Wildman–Crippen LogP) is 5.84. The average molecular weight is 349 g/mol. The summed E-state index contributed by atoms with van der Waals surface area (Å²) in [6.45, 7) is 2.33. The lowest BCUT2D eigenvalue weighted by Gasteiger charge is -2.01. The lowest BCUT2D eigenvalue weighted by Crippen LogP contribution is -2.04. The van der Waals surface area contributed by atoms with E-state index in [0.29, 0.717) is 6.42 Å². The van der Waals surface area contributed by atoms with E-state index >= 15 is 0 Å². The highest BCUT2D eigenvalue weighted by Crippen LogP contribution is 2.11. The summed E-state index contributed by atoms with van der Waals surface area (Å²) >= 11 is 0. The molecule has 0 aliphatic heterocycles. The summed E-state index contributed by atoms with van der Waals surface area (Å²) in [6.07, 6.45) is 21.6. The van der Waals surface area contributed by atoms with Gasteiger partial charge >= 0.3 is 10.4 Å². The zero-order valence-electron chi connectivity index (χ0n) is 14.8. The monoisotopic (exact) mass is 348 g/mol. The number of hydrogen-bond donors (Lipinski definition) is 1. The van der Waals surface area contributed by atoms with E-state index in [1.807, 2.05) is 0 Å². The molecule has 0 rings (SSSR count). The lowest BCUT2D eigenvalue weighted by molar-refractivity contribution is 0.262. The van der Waals surface area contributed by atoms with Crippen LogP contribution in [0.15, 0.2) is 12.2 Å². The summed E-state index contributed by atoms with van der Waals surface area (Å²) in [4.78, 5) is 0. The average Bonchev–Trinajstić information content (AvgIpc) is 2.49. The van der Waals surface area contributed by atoms with Crippen LogP contribution in [0, 0.1) is 0 Å². The molecule has 0 radical (unpaired) electrons. The third-order valence-corrected chi connectivity index (χ3v) is 4.35. The summed E-state index contributed by atoms with van der Waals surface area (Å²) in [7, 11) is -4.26. The fraction of sp³-hybridized carbons (Fsp3) is 0.889. The van der Waals surface area contributed by atoms with Crippen LogP contribution in [0.4, 0.5) is 0 Å². The van der Waals surface area contributed by atoms with Gasteiger partial charge in [-0.2, -0.15) is 8.42 Å². The van der Waals surface area contributed by atoms with Crippen molar-refractivity contribution in [2.24, 2.45) is 0 Å². The first-order valence-corrected chi connectivity index (χ1v) is 10.7. The summed E-state index contributed by atoms with van der Waals surface area (Å²) in [5.74, 6) is 0. The van der Waals surface area contributed by atoms with Crippen molar-refractivity contribution in [1.82, 2.24) is 0 Å². The van der Waals surface area contributed by atoms with Crippen molar-refractivity contribution in [2.75, 3.05) is 6.61 Å². The third kappa shape index (κ3) is 21.6. The van der Waals surface area contributed by atoms with Crippen LogP contribution in [0.3, 0.4) is 0 Å². The topological polar surface area (TPSA) is 63.6 Å². The minimum absolute atomic E-state index is 0.0704. The first-order chi connectivity index (χ1) is 11.1. The van der Waals surface area contributed by atoms with Gasteiger partial charge in [0.05, 0.1) is 6.61 Å². The number of unbranched alkanes of at least 4 members (excludes halogenated alkanes) is 12. The quantitative estimate of drug-likeness (QED) is 0.204. The molecule has 0 aromatic carbocycles. The van der Waals surface area contributed by atoms with Gasteiger partial charge in [-0.15, -0.1) is 0 Å². The molecule has 0 bridgehead atoms. The van der Waals surface area contributed by atoms with Gasteiger partial charge in [-0.1, -0.05) is 76.9 Å². The first-order valence-electron chi connectivity index (χ1n) is 9.33. The van der Waals surface area contributed by atoms with Gasteiger partial charge in [-0.05, 0) is 32.1 Å². The zero-order chi connectivity index (χ0) is 17.2. The summed E-state index contributed by atoms with van der Waals surface area (Å²) in [5.41, 5.74) is 0. The van der Waals surface area contributed by atoms with Crippen LogP contribution in [0.5, 0.6) is 0 Å². The molecule has 0 aromatic rings. The van der Waals surface area contributed by atoms with Gasteiger partial charge in [0.25, 0.3) is 0 Å². The van der Waals surface area contributed by atoms with Crippen LogP contribution in [0.1, 0.15) is 96.8 Å². The zero-order valence-corrected chi connectivity index (χ0v) is 15.7. The summed E-state index contributed by atoms with van der Waals surface area (Å²) < 4.78 is 33.3. The van der Waals surface area contributed by atoms with Gasteiger partial charge in [-0.3, -0.25) is 4.55 Å². The third-order valence-electron chi connectivity index (χ3n) is 3.89. The van der Waals surface area contributed by atoms with Crippen LogP contribution in [0.2, 0.25) is 0 Å². The molecule has 0 aromatic heterocycles. The van der Waals surface area contributed by atoms with E-state index in [-0.39, 0.29) is 6.61 Å². The lowest BCUT2D eigenvalue weighted by atomic mass is 10.1. The van der Waals surface area contributed by atoms with Crippen molar-refractivity contribution in [3.63, 3.8) is 0 Å². The molecule has 0 atom stereocenters. The number of allylic oxidation sites excluding steroid dienone is 2. The van der Waals surface area contributed by atoms with E-state index in [1.54, 1.807) is 0 Å². The molecule has 5 heteroatoms. The fourth-order valence-electron chi connectivity index (χ4n) is 2.51. The summed E-state index contributed by atoms with van der Waals surface area (Å²) in [6, 6.07) is 0. The van der Waals surface area contributed by atoms with Crippen molar-refractivity contribution in [3.8, 4) is 0 Å². The maximum Gasteiger partial charge on any atom is 0.397 e. The Hall–Kier alpha value is -0.390. The van der Waals surface area contributed by atoms with E-state index in [1.165, 1.54) is 64.2 Å². The number of hydrogen-bond acceptors (Lipinski definition) is 3. The molecule has 0 spiro atoms. The Labute approximate surface area is 143 Å². The minimum atomic E-state index is -4.26. The molecule has 0 aliphatic rings. The van der Waals surface area contributed by atoms with Gasteiger partial charge in [0.2, 0.25) is 0 Å². The molecule has 138 valence electrons. The molecular formula is C18H36O4S.